The number of fused-ring (bicyclic) bond motifs is 5. The van der Waals surface area contributed by atoms with Crippen molar-refractivity contribution in [3.05, 3.63) is 71.1 Å². The number of carbonyl (C=O) groups is 2. The molecule has 372 valence electrons. The third-order valence-corrected chi connectivity index (χ3v) is 20.2. The second-order valence-electron chi connectivity index (χ2n) is 24.1. The summed E-state index contributed by atoms with van der Waals surface area (Å²) in [4.78, 5) is 26.7. The zero-order valence-electron chi connectivity index (χ0n) is 41.5. The van der Waals surface area contributed by atoms with Crippen molar-refractivity contribution in [2.45, 2.75) is 210 Å². The summed E-state index contributed by atoms with van der Waals surface area (Å²) in [5.74, 6) is 3.06. The number of allylic oxidation sites excluding steroid dienone is 5. The zero-order chi connectivity index (χ0) is 47.5. The number of alkyl carbamates (subject to hydrolysis) is 1. The van der Waals surface area contributed by atoms with Gasteiger partial charge in [0.15, 0.2) is 11.7 Å². The van der Waals surface area contributed by atoms with E-state index in [2.05, 4.69) is 77.4 Å². The average Bonchev–Trinajstić information content (AvgIpc) is 4.15. The molecule has 4 heterocycles. The van der Waals surface area contributed by atoms with E-state index in [1.54, 1.807) is 0 Å². The molecule has 0 bridgehead atoms. The van der Waals surface area contributed by atoms with Crippen LogP contribution in [0.5, 0.6) is 0 Å². The van der Waals surface area contributed by atoms with Crippen LogP contribution in [0, 0.1) is 46.3 Å². The third-order valence-electron chi connectivity index (χ3n) is 20.2. The highest BCUT2D eigenvalue weighted by atomic mass is 16.8. The quantitative estimate of drug-likeness (QED) is 0.0591. The Bertz CT molecular complexity index is 2210. The fourth-order valence-electron chi connectivity index (χ4n) is 16.1. The van der Waals surface area contributed by atoms with Crippen molar-refractivity contribution in [3.63, 3.8) is 0 Å². The Morgan fingerprint density at radius 2 is 1.69 bits per heavy atom. The molecular formula is C57H79NO10. The number of epoxide rings is 3. The molecule has 1 amide bonds. The Morgan fingerprint density at radius 3 is 2.49 bits per heavy atom. The van der Waals surface area contributed by atoms with Crippen molar-refractivity contribution in [3.8, 4) is 0 Å². The summed E-state index contributed by atoms with van der Waals surface area (Å²) in [5.41, 5.74) is 4.06. The fraction of sp³-hybridized carbons (Fsp3) is 0.754. The van der Waals surface area contributed by atoms with Crippen LogP contribution < -0.4 is 5.32 Å². The van der Waals surface area contributed by atoms with E-state index in [1.165, 1.54) is 42.4 Å². The lowest BCUT2D eigenvalue weighted by Gasteiger charge is -2.53. The maximum absolute atomic E-state index is 13.7. The number of hydrogen-bond donors (Lipinski definition) is 3. The van der Waals surface area contributed by atoms with Gasteiger partial charge in [-0.1, -0.05) is 96.9 Å². The van der Waals surface area contributed by atoms with Crippen LogP contribution in [0.25, 0.3) is 0 Å². The predicted octanol–water partition coefficient (Wildman–Crippen LogP) is 9.82. The Morgan fingerprint density at radius 1 is 0.897 bits per heavy atom. The molecule has 68 heavy (non-hydrogen) atoms. The van der Waals surface area contributed by atoms with Gasteiger partial charge >= 0.3 is 12.1 Å². The standard InChI is InChI=1S/C57H79NO10/c1-32(2)55-49(67-55)50-57(68-50)54(7)26-24-40-35(5)63-31-41(40)44(54)30-47-56(57,66-47)51(55)65-48(61)15-11-9-8-10-12-27-58-52(62)64-39-28-38(34(4)46(60)29-39)20-17-36-14-13-25-53(6)42(21-22-43(36)53)33(3)16-23-45(59)37-18-19-37/h16-17,20,23,32-33,37,39,42-47,49-51,59-60H,4-5,8-15,18-19,21-22,24-31H2,1-3,6-7H3,(H,58,62)/b23-16+,36-17+,38-20-/t33-,39+,42?,43?,44-,45?,46-,47-,49-,50-,51+,53+,54-,55-,56+,57+/m0/s1. The fourth-order valence-corrected chi connectivity index (χ4v) is 16.1. The summed E-state index contributed by atoms with van der Waals surface area (Å²) >= 11 is 0. The number of amides is 1. The van der Waals surface area contributed by atoms with Gasteiger partial charge in [0.2, 0.25) is 0 Å². The molecule has 7 aliphatic carbocycles. The molecule has 3 unspecified atom stereocenters. The zero-order valence-corrected chi connectivity index (χ0v) is 41.5. The first-order valence-electron chi connectivity index (χ1n) is 26.9. The molecule has 0 aromatic carbocycles. The molecule has 16 atom stereocenters. The van der Waals surface area contributed by atoms with Crippen LogP contribution in [0.4, 0.5) is 4.79 Å². The van der Waals surface area contributed by atoms with E-state index in [4.69, 9.17) is 28.4 Å². The Hall–Kier alpha value is -3.22. The molecule has 11 nitrogen and oxygen atoms in total. The van der Waals surface area contributed by atoms with Gasteiger partial charge in [-0.3, -0.25) is 4.79 Å². The molecule has 0 aromatic heterocycles. The van der Waals surface area contributed by atoms with E-state index in [0.29, 0.717) is 56.1 Å². The molecule has 3 saturated heterocycles. The van der Waals surface area contributed by atoms with Crippen molar-refractivity contribution in [2.75, 3.05) is 13.2 Å². The van der Waals surface area contributed by atoms with Crippen molar-refractivity contribution >= 4 is 12.1 Å². The first kappa shape index (κ1) is 47.1. The van der Waals surface area contributed by atoms with Crippen LogP contribution in [0.15, 0.2) is 71.1 Å². The Balaban J connectivity index is 0.620. The van der Waals surface area contributed by atoms with E-state index in [9.17, 15) is 19.8 Å². The molecule has 11 heteroatoms. The minimum atomic E-state index is -0.752. The van der Waals surface area contributed by atoms with Gasteiger partial charge in [-0.2, -0.15) is 0 Å². The molecule has 6 saturated carbocycles. The lowest BCUT2D eigenvalue weighted by molar-refractivity contribution is -0.169. The van der Waals surface area contributed by atoms with Gasteiger partial charge in [0.25, 0.3) is 0 Å². The van der Waals surface area contributed by atoms with Crippen LogP contribution in [0.1, 0.15) is 150 Å². The first-order chi connectivity index (χ1) is 32.6. The highest BCUT2D eigenvalue weighted by molar-refractivity contribution is 5.70. The Labute approximate surface area is 404 Å². The number of esters is 1. The summed E-state index contributed by atoms with van der Waals surface area (Å²) in [5, 5.41) is 24.4. The van der Waals surface area contributed by atoms with Gasteiger partial charge in [-0.15, -0.1) is 0 Å². The molecule has 11 aliphatic rings. The van der Waals surface area contributed by atoms with Gasteiger partial charge in [0, 0.05) is 31.2 Å². The van der Waals surface area contributed by atoms with Crippen LogP contribution in [0.2, 0.25) is 0 Å². The Kier molecular flexibility index (Phi) is 11.9. The highest BCUT2D eigenvalue weighted by Crippen LogP contribution is 2.83. The molecule has 0 aromatic rings. The number of carbonyl (C=O) groups excluding carboxylic acids is 2. The van der Waals surface area contributed by atoms with Crippen molar-refractivity contribution in [2.24, 2.45) is 46.3 Å². The molecule has 4 aliphatic heterocycles. The van der Waals surface area contributed by atoms with E-state index < -0.39 is 41.2 Å². The number of hydrogen-bond acceptors (Lipinski definition) is 10. The number of ether oxygens (including phenoxy) is 6. The third kappa shape index (κ3) is 7.33. The average molecular weight is 938 g/mol. The number of nitrogens with one attached hydrogen (secondary N) is 1. The van der Waals surface area contributed by atoms with E-state index in [0.717, 1.165) is 87.5 Å². The van der Waals surface area contributed by atoms with Crippen LogP contribution in [-0.4, -0.2) is 95.0 Å². The van der Waals surface area contributed by atoms with Gasteiger partial charge in [0.1, 0.15) is 41.9 Å². The number of rotatable bonds is 16. The van der Waals surface area contributed by atoms with Crippen LogP contribution >= 0.6 is 0 Å². The molecule has 9 fully saturated rings. The van der Waals surface area contributed by atoms with Gasteiger partial charge in [0.05, 0.1) is 18.3 Å². The monoisotopic (exact) mass is 938 g/mol. The minimum Gasteiger partial charge on any atom is -0.490 e. The summed E-state index contributed by atoms with van der Waals surface area (Å²) in [6.07, 6.45) is 22.5. The summed E-state index contributed by atoms with van der Waals surface area (Å²) in [7, 11) is 0. The second kappa shape index (κ2) is 17.2. The second-order valence-corrected chi connectivity index (χ2v) is 24.1. The molecule has 3 N–H and O–H groups in total. The molecule has 0 radical (unpaired) electrons. The van der Waals surface area contributed by atoms with Gasteiger partial charge in [-0.25, -0.2) is 4.79 Å². The number of unbranched alkanes of at least 4 members (excludes halogenated alkanes) is 4. The minimum absolute atomic E-state index is 0.0532. The highest BCUT2D eigenvalue weighted by Gasteiger charge is 3.01. The lowest BCUT2D eigenvalue weighted by Crippen LogP contribution is -2.70. The van der Waals surface area contributed by atoms with Crippen molar-refractivity contribution in [1.29, 1.82) is 0 Å². The number of aliphatic hydroxyl groups excluding tert-OH is 2. The molecule has 11 rings (SSSR count). The van der Waals surface area contributed by atoms with Gasteiger partial charge < -0.3 is 44.0 Å². The van der Waals surface area contributed by atoms with Crippen LogP contribution in [-0.2, 0) is 33.2 Å². The van der Waals surface area contributed by atoms with E-state index in [-0.39, 0.29) is 53.1 Å². The van der Waals surface area contributed by atoms with Crippen molar-refractivity contribution < 1.29 is 48.2 Å². The molecular weight excluding hydrogens is 859 g/mol. The number of aliphatic hydroxyl groups is 2. The summed E-state index contributed by atoms with van der Waals surface area (Å²) in [6.45, 7) is 21.0. The summed E-state index contributed by atoms with van der Waals surface area (Å²) in [6, 6.07) is 0. The SMILES string of the molecule is C=C1OCC2=C1CC[C@@]1(C)[C@H]2C[C@@H]2O[C@@]23[C@H](OC(=O)CCCCCCCNC(=O)O[C@@H]2C/C(=C/C=C4\CCC[C@@]5(C)C4CCC5[C@@H](C)/C=C/C(O)C4CC4)C(=C)[C@@H](O)C2)[C@@]2(C(C)C)O[C@H]2[C@@H]2O[C@@]231. The topological polar surface area (TPSA) is 152 Å². The largest absolute Gasteiger partial charge is 0.490 e. The van der Waals surface area contributed by atoms with E-state index >= 15 is 0 Å². The maximum Gasteiger partial charge on any atom is 0.407 e. The first-order valence-corrected chi connectivity index (χ1v) is 26.9. The van der Waals surface area contributed by atoms with Gasteiger partial charge in [-0.05, 0) is 140 Å². The molecule has 2 spiro atoms. The predicted molar refractivity (Wildman–Crippen MR) is 257 cm³/mol. The normalized spacial score (nSPS) is 44.8. The van der Waals surface area contributed by atoms with Crippen molar-refractivity contribution in [1.82, 2.24) is 5.32 Å². The van der Waals surface area contributed by atoms with E-state index in [1.807, 2.05) is 0 Å². The summed E-state index contributed by atoms with van der Waals surface area (Å²) < 4.78 is 38.7. The maximum atomic E-state index is 13.7. The smallest absolute Gasteiger partial charge is 0.407 e. The van der Waals surface area contributed by atoms with Crippen LogP contribution in [0.3, 0.4) is 0 Å². The lowest BCUT2D eigenvalue weighted by atomic mass is 9.46.